The molecule has 3 amide bonds. The van der Waals surface area contributed by atoms with Crippen LogP contribution in [-0.4, -0.2) is 65.1 Å². The van der Waals surface area contributed by atoms with Crippen LogP contribution < -0.4 is 0 Å². The van der Waals surface area contributed by atoms with E-state index < -0.39 is 0 Å². The number of benzene rings is 2. The van der Waals surface area contributed by atoms with Gasteiger partial charge in [0, 0.05) is 45.2 Å². The Bertz CT molecular complexity index is 984. The van der Waals surface area contributed by atoms with Gasteiger partial charge in [-0.3, -0.25) is 14.4 Å². The first-order valence-corrected chi connectivity index (χ1v) is 10.6. The number of rotatable bonds is 3. The molecule has 31 heavy (non-hydrogen) atoms. The predicted molar refractivity (Wildman–Crippen MR) is 114 cm³/mol. The van der Waals surface area contributed by atoms with Crippen LogP contribution in [0.2, 0.25) is 0 Å². The van der Waals surface area contributed by atoms with Gasteiger partial charge >= 0.3 is 0 Å². The molecular formula is C24H26FN3O3. The van der Waals surface area contributed by atoms with E-state index in [1.807, 2.05) is 18.2 Å². The molecule has 7 heteroatoms. The topological polar surface area (TPSA) is 60.9 Å². The first kappa shape index (κ1) is 21.0. The fourth-order valence-electron chi connectivity index (χ4n) is 4.48. The molecule has 2 aromatic rings. The SMILES string of the molecule is CC(=O)N1CCc2ccccc2C1CC(=O)N1CCN(C(=O)c2ccc(F)cc2)CC1. The summed E-state index contributed by atoms with van der Waals surface area (Å²) in [4.78, 5) is 43.1. The van der Waals surface area contributed by atoms with E-state index in [4.69, 9.17) is 0 Å². The maximum absolute atomic E-state index is 13.1. The molecule has 0 spiro atoms. The van der Waals surface area contributed by atoms with Crippen LogP contribution in [0, 0.1) is 5.82 Å². The molecule has 4 rings (SSSR count). The summed E-state index contributed by atoms with van der Waals surface area (Å²) in [5.74, 6) is -0.573. The van der Waals surface area contributed by atoms with Crippen LogP contribution in [0.4, 0.5) is 4.39 Å². The van der Waals surface area contributed by atoms with Gasteiger partial charge in [-0.05, 0) is 41.8 Å². The number of hydrogen-bond acceptors (Lipinski definition) is 3. The third-order valence-electron chi connectivity index (χ3n) is 6.20. The highest BCUT2D eigenvalue weighted by Gasteiger charge is 2.33. The Morgan fingerprint density at radius 3 is 2.23 bits per heavy atom. The monoisotopic (exact) mass is 423 g/mol. The van der Waals surface area contributed by atoms with E-state index in [2.05, 4.69) is 6.07 Å². The molecule has 1 fully saturated rings. The number of piperazine rings is 1. The zero-order chi connectivity index (χ0) is 22.0. The van der Waals surface area contributed by atoms with Gasteiger partial charge in [-0.15, -0.1) is 0 Å². The van der Waals surface area contributed by atoms with Gasteiger partial charge in [-0.2, -0.15) is 0 Å². The number of fused-ring (bicyclic) bond motifs is 1. The van der Waals surface area contributed by atoms with Gasteiger partial charge in [0.15, 0.2) is 0 Å². The third-order valence-corrected chi connectivity index (χ3v) is 6.20. The second-order valence-corrected chi connectivity index (χ2v) is 8.06. The minimum Gasteiger partial charge on any atom is -0.339 e. The standard InChI is InChI=1S/C24H26FN3O3/c1-17(29)28-11-10-18-4-2-3-5-21(18)22(28)16-23(30)26-12-14-27(15-13-26)24(31)19-6-8-20(25)9-7-19/h2-9,22H,10-16H2,1H3. The zero-order valence-corrected chi connectivity index (χ0v) is 17.6. The quantitative estimate of drug-likeness (QED) is 0.763. The minimum absolute atomic E-state index is 0.0122. The number of carbonyl (C=O) groups excluding carboxylic acids is 3. The summed E-state index contributed by atoms with van der Waals surface area (Å²) in [6.07, 6.45) is 1.03. The van der Waals surface area contributed by atoms with Crippen molar-refractivity contribution in [2.75, 3.05) is 32.7 Å². The van der Waals surface area contributed by atoms with Gasteiger partial charge < -0.3 is 14.7 Å². The maximum atomic E-state index is 13.1. The highest BCUT2D eigenvalue weighted by molar-refractivity contribution is 5.94. The lowest BCUT2D eigenvalue weighted by Crippen LogP contribution is -2.51. The van der Waals surface area contributed by atoms with E-state index in [1.54, 1.807) is 21.6 Å². The number of amides is 3. The zero-order valence-electron chi connectivity index (χ0n) is 17.6. The summed E-state index contributed by atoms with van der Waals surface area (Å²) in [5.41, 5.74) is 2.67. The van der Waals surface area contributed by atoms with E-state index in [9.17, 15) is 18.8 Å². The molecule has 0 bridgehead atoms. The van der Waals surface area contributed by atoms with Crippen molar-refractivity contribution < 1.29 is 18.8 Å². The fourth-order valence-corrected chi connectivity index (χ4v) is 4.48. The molecule has 1 saturated heterocycles. The van der Waals surface area contributed by atoms with Gasteiger partial charge in [0.2, 0.25) is 11.8 Å². The van der Waals surface area contributed by atoms with Crippen molar-refractivity contribution in [3.8, 4) is 0 Å². The van der Waals surface area contributed by atoms with Crippen LogP contribution in [0.1, 0.15) is 40.9 Å². The first-order valence-electron chi connectivity index (χ1n) is 10.6. The number of hydrogen-bond donors (Lipinski definition) is 0. The van der Waals surface area contributed by atoms with E-state index in [0.717, 1.165) is 12.0 Å². The van der Waals surface area contributed by atoms with E-state index >= 15 is 0 Å². The minimum atomic E-state index is -0.379. The highest BCUT2D eigenvalue weighted by Crippen LogP contribution is 2.33. The smallest absolute Gasteiger partial charge is 0.253 e. The lowest BCUT2D eigenvalue weighted by atomic mass is 9.90. The van der Waals surface area contributed by atoms with E-state index in [0.29, 0.717) is 38.3 Å². The van der Waals surface area contributed by atoms with Gasteiger partial charge in [-0.25, -0.2) is 4.39 Å². The molecule has 0 aliphatic carbocycles. The fraction of sp³-hybridized carbons (Fsp3) is 0.375. The van der Waals surface area contributed by atoms with Crippen LogP contribution in [0.5, 0.6) is 0 Å². The molecule has 0 radical (unpaired) electrons. The molecule has 162 valence electrons. The molecule has 0 saturated carbocycles. The molecule has 2 aromatic carbocycles. The average molecular weight is 423 g/mol. The van der Waals surface area contributed by atoms with Crippen molar-refractivity contribution in [1.29, 1.82) is 0 Å². The van der Waals surface area contributed by atoms with Gasteiger partial charge in [-0.1, -0.05) is 24.3 Å². The van der Waals surface area contributed by atoms with Crippen molar-refractivity contribution in [3.63, 3.8) is 0 Å². The summed E-state index contributed by atoms with van der Waals surface area (Å²) in [6, 6.07) is 13.2. The summed E-state index contributed by atoms with van der Waals surface area (Å²) < 4.78 is 13.1. The summed E-state index contributed by atoms with van der Waals surface area (Å²) in [6.45, 7) is 3.91. The van der Waals surface area contributed by atoms with Gasteiger partial charge in [0.05, 0.1) is 12.5 Å². The van der Waals surface area contributed by atoms with Crippen molar-refractivity contribution in [2.45, 2.75) is 25.8 Å². The third kappa shape index (κ3) is 4.45. The Morgan fingerprint density at radius 1 is 0.903 bits per heavy atom. The molecule has 1 atom stereocenters. The molecule has 0 aromatic heterocycles. The van der Waals surface area contributed by atoms with Crippen LogP contribution in [-0.2, 0) is 16.0 Å². The van der Waals surface area contributed by atoms with Crippen LogP contribution in [0.25, 0.3) is 0 Å². The van der Waals surface area contributed by atoms with E-state index in [-0.39, 0.29) is 36.0 Å². The average Bonchev–Trinajstić information content (AvgIpc) is 2.79. The highest BCUT2D eigenvalue weighted by atomic mass is 19.1. The predicted octanol–water partition coefficient (Wildman–Crippen LogP) is 2.65. The molecule has 2 aliphatic heterocycles. The van der Waals surface area contributed by atoms with Crippen molar-refractivity contribution in [2.24, 2.45) is 0 Å². The Labute approximate surface area is 181 Å². The Balaban J connectivity index is 1.40. The van der Waals surface area contributed by atoms with Crippen molar-refractivity contribution in [1.82, 2.24) is 14.7 Å². The molecule has 0 N–H and O–H groups in total. The first-order chi connectivity index (χ1) is 14.9. The molecule has 6 nitrogen and oxygen atoms in total. The lowest BCUT2D eigenvalue weighted by molar-refractivity contribution is -0.137. The van der Waals surface area contributed by atoms with Crippen LogP contribution >= 0.6 is 0 Å². The molecule has 2 heterocycles. The van der Waals surface area contributed by atoms with Gasteiger partial charge in [0.1, 0.15) is 5.82 Å². The Kier molecular flexibility index (Phi) is 6.02. The normalized spacial score (nSPS) is 18.5. The lowest BCUT2D eigenvalue weighted by Gasteiger charge is -2.39. The van der Waals surface area contributed by atoms with Crippen molar-refractivity contribution in [3.05, 3.63) is 71.0 Å². The molecule has 1 unspecified atom stereocenters. The maximum Gasteiger partial charge on any atom is 0.253 e. The van der Waals surface area contributed by atoms with Crippen molar-refractivity contribution >= 4 is 17.7 Å². The number of carbonyl (C=O) groups is 3. The molecular weight excluding hydrogens is 397 g/mol. The molecule has 2 aliphatic rings. The number of nitrogens with zero attached hydrogens (tertiary/aromatic N) is 3. The Morgan fingerprint density at radius 2 is 1.55 bits per heavy atom. The number of halogens is 1. The summed E-state index contributed by atoms with van der Waals surface area (Å²) in [5, 5.41) is 0. The van der Waals surface area contributed by atoms with Crippen LogP contribution in [0.3, 0.4) is 0 Å². The van der Waals surface area contributed by atoms with E-state index in [1.165, 1.54) is 29.8 Å². The second kappa shape index (κ2) is 8.88. The summed E-state index contributed by atoms with van der Waals surface area (Å²) in [7, 11) is 0. The largest absolute Gasteiger partial charge is 0.339 e. The second-order valence-electron chi connectivity index (χ2n) is 8.06. The summed E-state index contributed by atoms with van der Waals surface area (Å²) >= 11 is 0. The Hall–Kier alpha value is -3.22. The van der Waals surface area contributed by atoms with Crippen LogP contribution in [0.15, 0.2) is 48.5 Å². The van der Waals surface area contributed by atoms with Gasteiger partial charge in [0.25, 0.3) is 5.91 Å².